The molecule has 0 aliphatic heterocycles. The maximum Gasteiger partial charge on any atom is 0.422 e. The summed E-state index contributed by atoms with van der Waals surface area (Å²) in [5.74, 6) is -0.631. The van der Waals surface area contributed by atoms with E-state index in [1.807, 2.05) is 32.9 Å². The highest BCUT2D eigenvalue weighted by Gasteiger charge is 2.29. The Morgan fingerprint density at radius 2 is 1.77 bits per heavy atom. The van der Waals surface area contributed by atoms with Gasteiger partial charge in [0.05, 0.1) is 6.54 Å². The number of ether oxygens (including phenoxy) is 1. The first-order chi connectivity index (χ1) is 14.0. The molecule has 0 radical (unpaired) electrons. The van der Waals surface area contributed by atoms with Crippen molar-refractivity contribution in [2.24, 2.45) is 0 Å². The van der Waals surface area contributed by atoms with E-state index < -0.39 is 24.7 Å². The number of rotatable bonds is 7. The molecule has 0 bridgehead atoms. The quantitative estimate of drug-likeness (QED) is 0.635. The number of halogens is 3. The molecule has 1 aromatic carbocycles. The highest BCUT2D eigenvalue weighted by Crippen LogP contribution is 2.22. The topological polar surface area (TPSA) is 92.4 Å². The number of amides is 3. The van der Waals surface area contributed by atoms with Crippen LogP contribution in [0.2, 0.25) is 0 Å². The Balaban J connectivity index is 1.84. The van der Waals surface area contributed by atoms with Gasteiger partial charge in [-0.25, -0.2) is 9.78 Å². The predicted octanol–water partition coefficient (Wildman–Crippen LogP) is 3.39. The zero-order chi connectivity index (χ0) is 22.3. The summed E-state index contributed by atoms with van der Waals surface area (Å²) in [6, 6.07) is 6.21. The van der Waals surface area contributed by atoms with Crippen LogP contribution in [0.5, 0.6) is 5.88 Å². The minimum Gasteiger partial charge on any atom is -0.468 e. The normalized spacial score (nSPS) is 11.0. The van der Waals surface area contributed by atoms with Crippen molar-refractivity contribution in [1.29, 1.82) is 0 Å². The molecule has 2 aromatic rings. The number of nitrogens with zero attached hydrogens (tertiary/aromatic N) is 1. The van der Waals surface area contributed by atoms with Gasteiger partial charge in [0, 0.05) is 24.0 Å². The Morgan fingerprint density at radius 1 is 1.10 bits per heavy atom. The highest BCUT2D eigenvalue weighted by molar-refractivity contribution is 5.95. The summed E-state index contributed by atoms with van der Waals surface area (Å²) < 4.78 is 41.6. The summed E-state index contributed by atoms with van der Waals surface area (Å²) in [7, 11) is 0. The van der Waals surface area contributed by atoms with Crippen LogP contribution >= 0.6 is 0 Å². The Morgan fingerprint density at radius 3 is 2.40 bits per heavy atom. The van der Waals surface area contributed by atoms with Crippen molar-refractivity contribution in [3.63, 3.8) is 0 Å². The number of carbonyl (C=O) groups is 2. The Kier molecular flexibility index (Phi) is 7.62. The van der Waals surface area contributed by atoms with Crippen LogP contribution in [-0.4, -0.2) is 36.3 Å². The average Bonchev–Trinajstić information content (AvgIpc) is 2.66. The molecule has 1 aromatic heterocycles. The molecule has 0 fully saturated rings. The van der Waals surface area contributed by atoms with E-state index in [-0.39, 0.29) is 24.5 Å². The fourth-order valence-corrected chi connectivity index (χ4v) is 2.80. The molecule has 0 saturated heterocycles. The Hall–Kier alpha value is -3.30. The smallest absolute Gasteiger partial charge is 0.422 e. The molecule has 2 rings (SSSR count). The zero-order valence-electron chi connectivity index (χ0n) is 16.8. The van der Waals surface area contributed by atoms with E-state index in [1.54, 1.807) is 0 Å². The lowest BCUT2D eigenvalue weighted by molar-refractivity contribution is -0.154. The fourth-order valence-electron chi connectivity index (χ4n) is 2.80. The summed E-state index contributed by atoms with van der Waals surface area (Å²) in [5.41, 5.74) is 3.86. The molecule has 30 heavy (non-hydrogen) atoms. The number of nitrogens with one attached hydrogen (secondary N) is 3. The number of aromatic nitrogens is 1. The summed E-state index contributed by atoms with van der Waals surface area (Å²) in [4.78, 5) is 27.8. The maximum atomic E-state index is 12.3. The number of benzene rings is 1. The lowest BCUT2D eigenvalue weighted by Crippen LogP contribution is -2.39. The number of hydrogen-bond acceptors (Lipinski definition) is 4. The second-order valence-corrected chi connectivity index (χ2v) is 6.73. The molecule has 1 heterocycles. The van der Waals surface area contributed by atoms with Gasteiger partial charge in [-0.15, -0.1) is 0 Å². The number of hydrogen-bond donors (Lipinski definition) is 3. The molecule has 10 heteroatoms. The minimum atomic E-state index is -4.50. The van der Waals surface area contributed by atoms with Crippen LogP contribution in [0.3, 0.4) is 0 Å². The Bertz CT molecular complexity index is 893. The third-order valence-electron chi connectivity index (χ3n) is 4.01. The van der Waals surface area contributed by atoms with Gasteiger partial charge in [-0.3, -0.25) is 4.79 Å². The van der Waals surface area contributed by atoms with Crippen molar-refractivity contribution < 1.29 is 27.5 Å². The second kappa shape index (κ2) is 9.95. The molecular formula is C20H23F3N4O3. The van der Waals surface area contributed by atoms with Crippen molar-refractivity contribution in [2.75, 3.05) is 18.5 Å². The van der Waals surface area contributed by atoms with Gasteiger partial charge in [0.2, 0.25) is 11.8 Å². The maximum absolute atomic E-state index is 12.3. The third-order valence-corrected chi connectivity index (χ3v) is 4.01. The van der Waals surface area contributed by atoms with Crippen LogP contribution in [0, 0.1) is 20.8 Å². The van der Waals surface area contributed by atoms with Crippen molar-refractivity contribution >= 4 is 17.6 Å². The van der Waals surface area contributed by atoms with Crippen LogP contribution in [0.1, 0.15) is 22.3 Å². The highest BCUT2D eigenvalue weighted by atomic mass is 19.4. The predicted molar refractivity (Wildman–Crippen MR) is 105 cm³/mol. The summed E-state index contributed by atoms with van der Waals surface area (Å²) >= 11 is 0. The summed E-state index contributed by atoms with van der Waals surface area (Å²) in [6.45, 7) is 3.83. The molecular weight excluding hydrogens is 401 g/mol. The van der Waals surface area contributed by atoms with Crippen LogP contribution in [0.15, 0.2) is 30.5 Å². The van der Waals surface area contributed by atoms with E-state index in [0.717, 1.165) is 16.7 Å². The van der Waals surface area contributed by atoms with E-state index in [9.17, 15) is 22.8 Å². The van der Waals surface area contributed by atoms with E-state index in [0.29, 0.717) is 5.69 Å². The SMILES string of the molecule is Cc1cc(C)c(NC(=O)CNC(=O)NCc2cccnc2OCC(F)(F)F)c(C)c1. The lowest BCUT2D eigenvalue weighted by Gasteiger charge is -2.14. The largest absolute Gasteiger partial charge is 0.468 e. The van der Waals surface area contributed by atoms with Crippen molar-refractivity contribution in [1.82, 2.24) is 15.6 Å². The minimum absolute atomic E-state index is 0.120. The molecule has 0 saturated carbocycles. The molecule has 0 aliphatic rings. The van der Waals surface area contributed by atoms with Gasteiger partial charge in [0.15, 0.2) is 6.61 Å². The number of carbonyl (C=O) groups excluding carboxylic acids is 2. The molecule has 3 N–H and O–H groups in total. The third kappa shape index (κ3) is 7.26. The van der Waals surface area contributed by atoms with Crippen LogP contribution in [0.25, 0.3) is 0 Å². The van der Waals surface area contributed by atoms with Gasteiger partial charge in [-0.2, -0.15) is 13.2 Å². The molecule has 0 unspecified atom stereocenters. The molecule has 0 aliphatic carbocycles. The molecule has 162 valence electrons. The van der Waals surface area contributed by atoms with E-state index in [4.69, 9.17) is 0 Å². The van der Waals surface area contributed by atoms with Crippen LogP contribution < -0.4 is 20.7 Å². The molecule has 0 atom stereocenters. The van der Waals surface area contributed by atoms with E-state index >= 15 is 0 Å². The van der Waals surface area contributed by atoms with Gasteiger partial charge in [0.1, 0.15) is 0 Å². The van der Waals surface area contributed by atoms with E-state index in [1.165, 1.54) is 18.3 Å². The molecule has 0 spiro atoms. The second-order valence-electron chi connectivity index (χ2n) is 6.73. The number of alkyl halides is 3. The number of anilines is 1. The van der Waals surface area contributed by atoms with Gasteiger partial charge in [-0.05, 0) is 38.0 Å². The zero-order valence-corrected chi connectivity index (χ0v) is 16.8. The number of pyridine rings is 1. The first-order valence-corrected chi connectivity index (χ1v) is 9.08. The lowest BCUT2D eigenvalue weighted by atomic mass is 10.1. The van der Waals surface area contributed by atoms with Gasteiger partial charge >= 0.3 is 12.2 Å². The molecule has 3 amide bonds. The standard InChI is InChI=1S/C20H23F3N4O3/c1-12-7-13(2)17(14(3)8-12)27-16(28)10-26-19(29)25-9-15-5-4-6-24-18(15)30-11-20(21,22)23/h4-8H,9-11H2,1-3H3,(H,27,28)(H2,25,26,29). The first kappa shape index (κ1) is 23.0. The fraction of sp³-hybridized carbons (Fsp3) is 0.350. The van der Waals surface area contributed by atoms with Crippen molar-refractivity contribution in [3.05, 3.63) is 52.7 Å². The van der Waals surface area contributed by atoms with Gasteiger partial charge in [0.25, 0.3) is 0 Å². The monoisotopic (exact) mass is 424 g/mol. The van der Waals surface area contributed by atoms with Crippen LogP contribution in [-0.2, 0) is 11.3 Å². The van der Waals surface area contributed by atoms with E-state index in [2.05, 4.69) is 25.7 Å². The number of aryl methyl sites for hydroxylation is 3. The Labute approximate surface area is 172 Å². The summed E-state index contributed by atoms with van der Waals surface area (Å²) in [5, 5.41) is 7.61. The van der Waals surface area contributed by atoms with Crippen molar-refractivity contribution in [3.8, 4) is 5.88 Å². The van der Waals surface area contributed by atoms with Gasteiger partial charge in [-0.1, -0.05) is 23.8 Å². The summed E-state index contributed by atoms with van der Waals surface area (Å²) in [6.07, 6.45) is -3.21. The molecule has 7 nitrogen and oxygen atoms in total. The number of urea groups is 1. The average molecular weight is 424 g/mol. The first-order valence-electron chi connectivity index (χ1n) is 9.08. The van der Waals surface area contributed by atoms with Crippen molar-refractivity contribution in [2.45, 2.75) is 33.5 Å². The van der Waals surface area contributed by atoms with Gasteiger partial charge < -0.3 is 20.7 Å². The van der Waals surface area contributed by atoms with Crippen LogP contribution in [0.4, 0.5) is 23.7 Å².